The Hall–Kier alpha value is -2.86. The average Bonchev–Trinajstić information content (AvgIpc) is 3.11. The van der Waals surface area contributed by atoms with Gasteiger partial charge < -0.3 is 10.3 Å². The number of benzene rings is 2. The summed E-state index contributed by atoms with van der Waals surface area (Å²) < 4.78 is 0. The molecule has 2 heterocycles. The summed E-state index contributed by atoms with van der Waals surface area (Å²) in [6.07, 6.45) is 1.85. The maximum atomic E-state index is 12.0. The highest BCUT2D eigenvalue weighted by molar-refractivity contribution is 8.18. The minimum atomic E-state index is -0.145. The third-order valence-electron chi connectivity index (χ3n) is 3.33. The van der Waals surface area contributed by atoms with Gasteiger partial charge in [0.25, 0.3) is 5.91 Å². The number of hydrogen-bond acceptors (Lipinski definition) is 4. The van der Waals surface area contributed by atoms with Gasteiger partial charge in [0.05, 0.1) is 15.9 Å². The summed E-state index contributed by atoms with van der Waals surface area (Å²) in [5.74, 6) is 0.337. The first-order valence-electron chi connectivity index (χ1n) is 7.07. The number of nitrogens with one attached hydrogen (secondary N) is 2. The second-order valence-electron chi connectivity index (χ2n) is 4.97. The van der Waals surface area contributed by atoms with E-state index in [0.29, 0.717) is 16.0 Å². The molecule has 5 nitrogen and oxygen atoms in total. The summed E-state index contributed by atoms with van der Waals surface area (Å²) in [5.41, 5.74) is 2.75. The van der Waals surface area contributed by atoms with Crippen LogP contribution in [0.25, 0.3) is 17.1 Å². The molecule has 0 radical (unpaired) electrons. The van der Waals surface area contributed by atoms with Crippen molar-refractivity contribution in [2.45, 2.75) is 0 Å². The van der Waals surface area contributed by atoms with E-state index >= 15 is 0 Å². The summed E-state index contributed by atoms with van der Waals surface area (Å²) in [6.45, 7) is 0. The lowest BCUT2D eigenvalue weighted by Gasteiger charge is -1.93. The molecule has 1 aliphatic rings. The third-order valence-corrected chi connectivity index (χ3v) is 4.24. The average molecular weight is 320 g/mol. The molecule has 0 unspecified atom stereocenters. The Morgan fingerprint density at radius 3 is 2.65 bits per heavy atom. The first kappa shape index (κ1) is 13.8. The predicted molar refractivity (Wildman–Crippen MR) is 93.3 cm³/mol. The molecular weight excluding hydrogens is 308 g/mol. The summed E-state index contributed by atoms with van der Waals surface area (Å²) in [6, 6.07) is 17.4. The van der Waals surface area contributed by atoms with E-state index in [4.69, 9.17) is 0 Å². The highest BCUT2D eigenvalue weighted by Gasteiger charge is 2.24. The molecule has 1 amide bonds. The van der Waals surface area contributed by atoms with Crippen LogP contribution in [0.15, 0.2) is 64.5 Å². The minimum absolute atomic E-state index is 0.145. The minimum Gasteiger partial charge on any atom is -0.322 e. The van der Waals surface area contributed by atoms with Crippen LogP contribution in [0.4, 0.5) is 5.95 Å². The number of carbonyl (C=O) groups excluding carboxylic acids is 1. The molecule has 3 aromatic rings. The van der Waals surface area contributed by atoms with Crippen molar-refractivity contribution >= 4 is 45.9 Å². The molecule has 1 aliphatic heterocycles. The van der Waals surface area contributed by atoms with E-state index in [-0.39, 0.29) is 5.91 Å². The zero-order chi connectivity index (χ0) is 15.6. The van der Waals surface area contributed by atoms with Gasteiger partial charge in [-0.25, -0.2) is 4.98 Å². The monoisotopic (exact) mass is 320 g/mol. The number of amidine groups is 1. The predicted octanol–water partition coefficient (Wildman–Crippen LogP) is 3.45. The summed E-state index contributed by atoms with van der Waals surface area (Å²) in [4.78, 5) is 24.5. The van der Waals surface area contributed by atoms with Crippen LogP contribution in [-0.2, 0) is 4.79 Å². The molecule has 2 N–H and O–H groups in total. The number of para-hydroxylation sites is 2. The van der Waals surface area contributed by atoms with Crippen molar-refractivity contribution in [2.75, 3.05) is 0 Å². The molecule has 0 aliphatic carbocycles. The number of hydrogen-bond donors (Lipinski definition) is 2. The number of fused-ring (bicyclic) bond motifs is 1. The van der Waals surface area contributed by atoms with Crippen molar-refractivity contribution < 1.29 is 4.79 Å². The number of aromatic nitrogens is 2. The molecule has 0 atom stereocenters. The number of imidazole rings is 1. The standard InChI is InChI=1S/C17H12N4OS/c22-15-14(10-11-6-2-1-3-7-11)23-17(20-15)21-16-18-12-8-4-5-9-13(12)19-16/h1-10H,(H2,18,19,20,21,22)/b14-10-. The smallest absolute Gasteiger partial charge is 0.264 e. The van der Waals surface area contributed by atoms with Gasteiger partial charge >= 0.3 is 0 Å². The first-order chi connectivity index (χ1) is 11.3. The van der Waals surface area contributed by atoms with E-state index in [1.165, 1.54) is 11.8 Å². The maximum absolute atomic E-state index is 12.0. The molecule has 1 saturated heterocycles. The van der Waals surface area contributed by atoms with Crippen molar-refractivity contribution in [1.29, 1.82) is 0 Å². The normalized spacial score (nSPS) is 18.0. The van der Waals surface area contributed by atoms with Crippen LogP contribution < -0.4 is 5.32 Å². The lowest BCUT2D eigenvalue weighted by atomic mass is 10.2. The zero-order valence-electron chi connectivity index (χ0n) is 12.0. The third kappa shape index (κ3) is 2.89. The molecule has 0 saturated carbocycles. The Labute approximate surface area is 136 Å². The topological polar surface area (TPSA) is 70.1 Å². The molecule has 112 valence electrons. The fourth-order valence-electron chi connectivity index (χ4n) is 2.27. The fraction of sp³-hybridized carbons (Fsp3) is 0. The van der Waals surface area contributed by atoms with E-state index < -0.39 is 0 Å². The molecule has 6 heteroatoms. The van der Waals surface area contributed by atoms with Crippen molar-refractivity contribution in [2.24, 2.45) is 4.99 Å². The van der Waals surface area contributed by atoms with E-state index in [9.17, 15) is 4.79 Å². The summed E-state index contributed by atoms with van der Waals surface area (Å²) >= 11 is 1.31. The van der Waals surface area contributed by atoms with Gasteiger partial charge in [-0.05, 0) is 35.5 Å². The van der Waals surface area contributed by atoms with Gasteiger partial charge in [-0.2, -0.15) is 4.99 Å². The van der Waals surface area contributed by atoms with Crippen LogP contribution >= 0.6 is 11.8 Å². The number of nitrogens with zero attached hydrogens (tertiary/aromatic N) is 2. The number of H-pyrrole nitrogens is 1. The molecule has 0 spiro atoms. The highest BCUT2D eigenvalue weighted by atomic mass is 32.2. The Bertz CT molecular complexity index is 910. The van der Waals surface area contributed by atoms with E-state index in [1.807, 2.05) is 60.7 Å². The van der Waals surface area contributed by atoms with Crippen LogP contribution in [0.5, 0.6) is 0 Å². The van der Waals surface area contributed by atoms with E-state index in [2.05, 4.69) is 20.3 Å². The number of aliphatic imine (C=N–C) groups is 1. The van der Waals surface area contributed by atoms with E-state index in [0.717, 1.165) is 16.6 Å². The maximum Gasteiger partial charge on any atom is 0.264 e. The first-order valence-corrected chi connectivity index (χ1v) is 7.89. The van der Waals surface area contributed by atoms with Gasteiger partial charge in [-0.3, -0.25) is 4.79 Å². The number of rotatable bonds is 2. The van der Waals surface area contributed by atoms with Crippen molar-refractivity contribution in [3.05, 3.63) is 65.1 Å². The molecule has 4 rings (SSSR count). The molecular formula is C17H12N4OS. The Morgan fingerprint density at radius 2 is 1.83 bits per heavy atom. The quantitative estimate of drug-likeness (QED) is 0.710. The Balaban J connectivity index is 1.61. The van der Waals surface area contributed by atoms with Gasteiger partial charge in [0.15, 0.2) is 5.17 Å². The number of amides is 1. The molecule has 2 aromatic carbocycles. The van der Waals surface area contributed by atoms with Crippen LogP contribution in [0.2, 0.25) is 0 Å². The lowest BCUT2D eigenvalue weighted by Crippen LogP contribution is -2.19. The molecule has 23 heavy (non-hydrogen) atoms. The van der Waals surface area contributed by atoms with Gasteiger partial charge in [0.2, 0.25) is 5.95 Å². The summed E-state index contributed by atoms with van der Waals surface area (Å²) in [7, 11) is 0. The Morgan fingerprint density at radius 1 is 1.04 bits per heavy atom. The van der Waals surface area contributed by atoms with Crippen LogP contribution in [0, 0.1) is 0 Å². The van der Waals surface area contributed by atoms with Crippen LogP contribution in [-0.4, -0.2) is 21.0 Å². The van der Waals surface area contributed by atoms with Gasteiger partial charge in [0, 0.05) is 0 Å². The Kier molecular flexibility index (Phi) is 3.44. The van der Waals surface area contributed by atoms with Crippen molar-refractivity contribution in [3.8, 4) is 0 Å². The summed E-state index contributed by atoms with van der Waals surface area (Å²) in [5, 5.41) is 3.29. The number of thioether (sulfide) groups is 1. The molecule has 0 bridgehead atoms. The second-order valence-corrected chi connectivity index (χ2v) is 6.00. The number of aromatic amines is 1. The lowest BCUT2D eigenvalue weighted by molar-refractivity contribution is -0.115. The number of carbonyl (C=O) groups is 1. The van der Waals surface area contributed by atoms with Gasteiger partial charge in [-0.1, -0.05) is 42.5 Å². The van der Waals surface area contributed by atoms with Crippen LogP contribution in [0.3, 0.4) is 0 Å². The highest BCUT2D eigenvalue weighted by Crippen LogP contribution is 2.27. The molecule has 1 aromatic heterocycles. The fourth-order valence-corrected chi connectivity index (χ4v) is 3.09. The van der Waals surface area contributed by atoms with Crippen molar-refractivity contribution in [1.82, 2.24) is 15.3 Å². The van der Waals surface area contributed by atoms with Gasteiger partial charge in [0.1, 0.15) is 0 Å². The van der Waals surface area contributed by atoms with Crippen molar-refractivity contribution in [3.63, 3.8) is 0 Å². The zero-order valence-corrected chi connectivity index (χ0v) is 12.8. The molecule has 1 fully saturated rings. The SMILES string of the molecule is O=C1N/C(=N/c2nc3ccccc3[nH]2)S/C1=C\c1ccccc1. The van der Waals surface area contributed by atoms with Gasteiger partial charge in [-0.15, -0.1) is 0 Å². The van der Waals surface area contributed by atoms with Crippen LogP contribution in [0.1, 0.15) is 5.56 Å². The largest absolute Gasteiger partial charge is 0.322 e. The van der Waals surface area contributed by atoms with E-state index in [1.54, 1.807) is 0 Å². The second kappa shape index (κ2) is 5.73.